The number of piperidine rings is 1. The lowest BCUT2D eigenvalue weighted by molar-refractivity contribution is -0.121. The molecule has 2 N–H and O–H groups in total. The molecule has 1 aliphatic rings. The van der Waals surface area contributed by atoms with Crippen molar-refractivity contribution >= 4 is 44.3 Å². The molecule has 0 saturated carbocycles. The van der Waals surface area contributed by atoms with Crippen LogP contribution < -0.4 is 10.9 Å². The number of hydrogen-bond donors (Lipinski definition) is 2. The van der Waals surface area contributed by atoms with Gasteiger partial charge in [-0.05, 0) is 61.7 Å². The molecule has 4 aromatic rings. The van der Waals surface area contributed by atoms with Crippen LogP contribution in [0, 0.1) is 24.5 Å². The number of thiophene rings is 1. The number of pyridine rings is 1. The number of ketones is 1. The Hall–Kier alpha value is -4.38. The van der Waals surface area contributed by atoms with E-state index in [9.17, 15) is 33.1 Å². The highest BCUT2D eigenvalue weighted by Gasteiger charge is 2.30. The fourth-order valence-corrected chi connectivity index (χ4v) is 5.94. The second-order valence-electron chi connectivity index (χ2n) is 9.31. The summed E-state index contributed by atoms with van der Waals surface area (Å²) >= 11 is 0.961. The summed E-state index contributed by atoms with van der Waals surface area (Å²) in [5, 5.41) is 12.5. The van der Waals surface area contributed by atoms with Gasteiger partial charge in [-0.15, -0.1) is 0 Å². The number of nitrogens with zero attached hydrogens (tertiary/aromatic N) is 2. The Kier molecular flexibility index (Phi) is 7.00. The minimum absolute atomic E-state index is 0.00936. The van der Waals surface area contributed by atoms with Crippen LogP contribution in [0.3, 0.4) is 0 Å². The van der Waals surface area contributed by atoms with E-state index in [2.05, 4.69) is 5.32 Å². The van der Waals surface area contributed by atoms with Gasteiger partial charge in [-0.25, -0.2) is 13.6 Å². The predicted octanol–water partition coefficient (Wildman–Crippen LogP) is 5.20. The second-order valence-corrected chi connectivity index (χ2v) is 10.3. The Morgan fingerprint density at radius 1 is 1.00 bits per heavy atom. The van der Waals surface area contributed by atoms with Crippen molar-refractivity contribution in [2.75, 3.05) is 18.4 Å². The Morgan fingerprint density at radius 3 is 2.38 bits per heavy atom. The third-order valence-corrected chi connectivity index (χ3v) is 7.96. The molecule has 0 bridgehead atoms. The first-order valence-corrected chi connectivity index (χ1v) is 13.0. The van der Waals surface area contributed by atoms with Crippen molar-refractivity contribution in [2.45, 2.75) is 19.8 Å². The Labute approximate surface area is 225 Å². The van der Waals surface area contributed by atoms with E-state index in [4.69, 9.17) is 0 Å². The zero-order valence-electron chi connectivity index (χ0n) is 20.7. The van der Waals surface area contributed by atoms with Crippen LogP contribution in [0.4, 0.5) is 18.6 Å². The number of hydrogen-bond acceptors (Lipinski definition) is 5. The molecule has 1 aliphatic heterocycles. The number of carbonyl (C=O) groups excluding carboxylic acids is 2. The van der Waals surface area contributed by atoms with Gasteiger partial charge in [0.25, 0.3) is 5.56 Å². The molecule has 200 valence electrons. The standard InChI is InChI=1S/C28H23F2N3O5S/c1-15-14-17(6-8-19(15)29)24(35)23-18-7-9-22(34)33(21-5-3-2-4-20(21)30)27(18)39-26(23)31-25(36)16-10-12-32(13-11-16)28(37)38/h2-9,14,16H,10-13H2,1H3,(H,31,36)(H,37,38). The lowest BCUT2D eigenvalue weighted by atomic mass is 9.96. The molecule has 0 unspecified atom stereocenters. The molecule has 3 heterocycles. The summed E-state index contributed by atoms with van der Waals surface area (Å²) in [7, 11) is 0. The molecule has 39 heavy (non-hydrogen) atoms. The molecule has 8 nitrogen and oxygen atoms in total. The fourth-order valence-electron chi connectivity index (χ4n) is 4.73. The van der Waals surface area contributed by atoms with Crippen LogP contribution in [-0.4, -0.2) is 45.4 Å². The molecule has 0 spiro atoms. The molecular weight excluding hydrogens is 528 g/mol. The number of amides is 2. The average molecular weight is 552 g/mol. The Bertz CT molecular complexity index is 1690. The van der Waals surface area contributed by atoms with Crippen molar-refractivity contribution in [3.05, 3.63) is 93.3 Å². The average Bonchev–Trinajstić information content (AvgIpc) is 3.28. The number of nitrogens with one attached hydrogen (secondary N) is 1. The van der Waals surface area contributed by atoms with Crippen LogP contribution in [-0.2, 0) is 4.79 Å². The number of para-hydroxylation sites is 1. The quantitative estimate of drug-likeness (QED) is 0.332. The molecule has 0 radical (unpaired) electrons. The second kappa shape index (κ2) is 10.4. The van der Waals surface area contributed by atoms with Gasteiger partial charge < -0.3 is 15.3 Å². The highest BCUT2D eigenvalue weighted by Crippen LogP contribution is 2.38. The van der Waals surface area contributed by atoms with E-state index in [0.717, 1.165) is 15.9 Å². The molecule has 1 saturated heterocycles. The zero-order valence-corrected chi connectivity index (χ0v) is 21.6. The summed E-state index contributed by atoms with van der Waals surface area (Å²) in [6, 6.07) is 12.3. The third-order valence-electron chi connectivity index (χ3n) is 6.86. The van der Waals surface area contributed by atoms with E-state index < -0.39 is 40.9 Å². The van der Waals surface area contributed by atoms with E-state index in [1.54, 1.807) is 6.07 Å². The fraction of sp³-hybridized carbons (Fsp3) is 0.214. The van der Waals surface area contributed by atoms with Crippen molar-refractivity contribution in [3.63, 3.8) is 0 Å². The molecule has 0 aliphatic carbocycles. The Balaban J connectivity index is 1.63. The van der Waals surface area contributed by atoms with E-state index in [0.29, 0.717) is 18.2 Å². The van der Waals surface area contributed by atoms with Gasteiger partial charge in [0, 0.05) is 36.0 Å². The van der Waals surface area contributed by atoms with Gasteiger partial charge in [0.2, 0.25) is 5.91 Å². The number of fused-ring (bicyclic) bond motifs is 1. The monoisotopic (exact) mass is 551 g/mol. The van der Waals surface area contributed by atoms with Crippen molar-refractivity contribution < 1.29 is 28.3 Å². The van der Waals surface area contributed by atoms with Crippen molar-refractivity contribution in [1.82, 2.24) is 9.47 Å². The summed E-state index contributed by atoms with van der Waals surface area (Å²) in [6.07, 6.45) is -0.431. The van der Waals surface area contributed by atoms with Crippen molar-refractivity contribution in [1.29, 1.82) is 0 Å². The highest BCUT2D eigenvalue weighted by atomic mass is 32.1. The first-order chi connectivity index (χ1) is 18.7. The van der Waals surface area contributed by atoms with Gasteiger partial charge in [-0.3, -0.25) is 19.0 Å². The van der Waals surface area contributed by atoms with Gasteiger partial charge >= 0.3 is 6.09 Å². The number of benzene rings is 2. The SMILES string of the molecule is Cc1cc(C(=O)c2c(NC(=O)C3CCN(C(=O)O)CC3)sc3c2ccc(=O)n3-c2ccccc2F)ccc1F. The normalized spacial score (nSPS) is 14.0. The number of carboxylic acid groups (broad SMARTS) is 1. The van der Waals surface area contributed by atoms with E-state index >= 15 is 0 Å². The summed E-state index contributed by atoms with van der Waals surface area (Å²) in [5.41, 5.74) is 0.0126. The topological polar surface area (TPSA) is 109 Å². The highest BCUT2D eigenvalue weighted by molar-refractivity contribution is 7.23. The lowest BCUT2D eigenvalue weighted by Crippen LogP contribution is -2.40. The predicted molar refractivity (Wildman–Crippen MR) is 143 cm³/mol. The number of aryl methyl sites for hydroxylation is 1. The minimum atomic E-state index is -1.05. The first kappa shape index (κ1) is 26.2. The summed E-state index contributed by atoms with van der Waals surface area (Å²) in [6.45, 7) is 1.93. The van der Waals surface area contributed by atoms with Gasteiger partial charge in [0.1, 0.15) is 21.5 Å². The van der Waals surface area contributed by atoms with Crippen LogP contribution in [0.5, 0.6) is 0 Å². The summed E-state index contributed by atoms with van der Waals surface area (Å²) in [5.74, 6) is -2.50. The zero-order chi connectivity index (χ0) is 27.8. The van der Waals surface area contributed by atoms with Gasteiger partial charge in [0.15, 0.2) is 5.78 Å². The molecule has 5 rings (SSSR count). The number of carbonyl (C=O) groups is 3. The maximum absolute atomic E-state index is 14.8. The largest absolute Gasteiger partial charge is 0.465 e. The number of likely N-dealkylation sites (tertiary alicyclic amines) is 1. The third kappa shape index (κ3) is 4.92. The van der Waals surface area contributed by atoms with Gasteiger partial charge in [-0.1, -0.05) is 23.5 Å². The molecular formula is C28H23F2N3O5S. The molecule has 2 aromatic carbocycles. The number of aromatic nitrogens is 1. The van der Waals surface area contributed by atoms with E-state index in [1.807, 2.05) is 0 Å². The molecule has 1 fully saturated rings. The minimum Gasteiger partial charge on any atom is -0.465 e. The number of anilines is 1. The summed E-state index contributed by atoms with van der Waals surface area (Å²) < 4.78 is 29.9. The lowest BCUT2D eigenvalue weighted by Gasteiger charge is -2.29. The maximum Gasteiger partial charge on any atom is 0.407 e. The molecule has 2 amide bonds. The summed E-state index contributed by atoms with van der Waals surface area (Å²) in [4.78, 5) is 52.7. The van der Waals surface area contributed by atoms with Crippen LogP contribution >= 0.6 is 11.3 Å². The smallest absolute Gasteiger partial charge is 0.407 e. The van der Waals surface area contributed by atoms with E-state index in [1.165, 1.54) is 60.4 Å². The number of halogens is 2. The van der Waals surface area contributed by atoms with Crippen LogP contribution in [0.2, 0.25) is 0 Å². The van der Waals surface area contributed by atoms with E-state index in [-0.39, 0.29) is 45.3 Å². The van der Waals surface area contributed by atoms with Crippen LogP contribution in [0.25, 0.3) is 15.9 Å². The van der Waals surface area contributed by atoms with Gasteiger partial charge in [0.05, 0.1) is 11.3 Å². The van der Waals surface area contributed by atoms with Crippen molar-refractivity contribution in [3.8, 4) is 5.69 Å². The van der Waals surface area contributed by atoms with Crippen LogP contribution in [0.1, 0.15) is 34.3 Å². The van der Waals surface area contributed by atoms with Crippen LogP contribution in [0.15, 0.2) is 59.4 Å². The molecule has 2 aromatic heterocycles. The molecule has 0 atom stereocenters. The maximum atomic E-state index is 14.8. The number of rotatable bonds is 5. The first-order valence-electron chi connectivity index (χ1n) is 12.2. The van der Waals surface area contributed by atoms with Gasteiger partial charge in [-0.2, -0.15) is 0 Å². The Morgan fingerprint density at radius 2 is 1.72 bits per heavy atom. The molecule has 11 heteroatoms. The van der Waals surface area contributed by atoms with Crippen molar-refractivity contribution in [2.24, 2.45) is 5.92 Å².